The zero-order chi connectivity index (χ0) is 36.1. The van der Waals surface area contributed by atoms with E-state index < -0.39 is 22.7 Å². The van der Waals surface area contributed by atoms with Crippen LogP contribution in [0.3, 0.4) is 0 Å². The number of hydrogen-bond donors (Lipinski definition) is 3. The number of aliphatic hydroxyl groups is 2. The molecule has 6 rings (SSSR count). The molecule has 274 valence electrons. The van der Waals surface area contributed by atoms with Crippen molar-refractivity contribution >= 4 is 17.3 Å². The predicted molar refractivity (Wildman–Crippen MR) is 190 cm³/mol. The maximum absolute atomic E-state index is 13.8. The Kier molecular flexibility index (Phi) is 11.4. The number of non-ortho nitro benzene ring substituents is 1. The van der Waals surface area contributed by atoms with Crippen molar-refractivity contribution < 1.29 is 39.3 Å². The van der Waals surface area contributed by atoms with E-state index in [0.717, 1.165) is 49.7 Å². The molecule has 2 aromatic carbocycles. The third kappa shape index (κ3) is 7.54. The van der Waals surface area contributed by atoms with Gasteiger partial charge in [0.1, 0.15) is 24.1 Å². The molecule has 0 bridgehead atoms. The second-order valence-corrected chi connectivity index (χ2v) is 14.2. The van der Waals surface area contributed by atoms with Crippen molar-refractivity contribution in [3.05, 3.63) is 88.0 Å². The highest BCUT2D eigenvalue weighted by Crippen LogP contribution is 2.62. The normalized spacial score (nSPS) is 27.1. The highest BCUT2D eigenvalue weighted by molar-refractivity contribution is 6.03. The Morgan fingerprint density at radius 1 is 1.12 bits per heavy atom. The minimum absolute atomic E-state index is 0.0118. The average molecular weight is 704 g/mol. The summed E-state index contributed by atoms with van der Waals surface area (Å²) in [6.45, 7) is 4.37. The van der Waals surface area contributed by atoms with Crippen LogP contribution in [0.1, 0.15) is 74.8 Å². The second kappa shape index (κ2) is 16.0. The van der Waals surface area contributed by atoms with Gasteiger partial charge in [-0.25, -0.2) is 0 Å². The van der Waals surface area contributed by atoms with Gasteiger partial charge in [-0.05, 0) is 91.8 Å². The van der Waals surface area contributed by atoms with Gasteiger partial charge >= 0.3 is 0 Å². The fourth-order valence-electron chi connectivity index (χ4n) is 8.41. The SMILES string of the molecule is C=CCOC12Oc3ccc(O)cc3C3C(CCCCO)C(CCCCO)C=C(C(=NOCc4ccc([N+](=O)[O-])cc4)CC1N(C)C(=O)C1CC1)C32. The van der Waals surface area contributed by atoms with Crippen LogP contribution in [0, 0.1) is 33.8 Å². The number of fused-ring (bicyclic) bond motifs is 2. The number of carbonyl (C=O) groups is 1. The average Bonchev–Trinajstić information content (AvgIpc) is 3.98. The van der Waals surface area contributed by atoms with Crippen LogP contribution in [0.15, 0.2) is 71.9 Å². The molecule has 51 heavy (non-hydrogen) atoms. The molecule has 3 N–H and O–H groups in total. The van der Waals surface area contributed by atoms with Crippen molar-refractivity contribution in [3.63, 3.8) is 0 Å². The number of likely N-dealkylation sites (N-methyl/N-ethyl adjacent to an activating group) is 1. The largest absolute Gasteiger partial charge is 0.508 e. The van der Waals surface area contributed by atoms with Gasteiger partial charge in [0.05, 0.1) is 23.2 Å². The molecule has 12 heteroatoms. The number of carbonyl (C=O) groups excluding carboxylic acids is 1. The van der Waals surface area contributed by atoms with E-state index in [2.05, 4.69) is 12.7 Å². The third-order valence-electron chi connectivity index (χ3n) is 11.0. The molecule has 4 aliphatic rings. The summed E-state index contributed by atoms with van der Waals surface area (Å²) in [7, 11) is 1.80. The third-order valence-corrected chi connectivity index (χ3v) is 11.0. The molecule has 0 radical (unpaired) electrons. The molecule has 1 heterocycles. The van der Waals surface area contributed by atoms with Gasteiger partial charge in [0.2, 0.25) is 11.7 Å². The molecular weight excluding hydrogens is 654 g/mol. The molecule has 0 saturated heterocycles. The van der Waals surface area contributed by atoms with Gasteiger partial charge < -0.3 is 34.5 Å². The van der Waals surface area contributed by atoms with Gasteiger partial charge in [0.25, 0.3) is 5.69 Å². The predicted octanol–water partition coefficient (Wildman–Crippen LogP) is 6.00. The number of ether oxygens (including phenoxy) is 2. The van der Waals surface area contributed by atoms with E-state index in [4.69, 9.17) is 19.5 Å². The maximum atomic E-state index is 13.8. The number of aromatic hydroxyl groups is 1. The summed E-state index contributed by atoms with van der Waals surface area (Å²) < 4.78 is 13.9. The van der Waals surface area contributed by atoms with Crippen molar-refractivity contribution in [3.8, 4) is 11.5 Å². The Morgan fingerprint density at radius 2 is 1.84 bits per heavy atom. The Balaban J connectivity index is 1.50. The highest BCUT2D eigenvalue weighted by atomic mass is 16.7. The first-order valence-corrected chi connectivity index (χ1v) is 18.1. The summed E-state index contributed by atoms with van der Waals surface area (Å²) in [6.07, 6.45) is 10.4. The minimum atomic E-state index is -1.32. The summed E-state index contributed by atoms with van der Waals surface area (Å²) in [6, 6.07) is 10.7. The highest BCUT2D eigenvalue weighted by Gasteiger charge is 2.65. The van der Waals surface area contributed by atoms with Crippen LogP contribution >= 0.6 is 0 Å². The number of nitro benzene ring substituents is 1. The lowest BCUT2D eigenvalue weighted by molar-refractivity contribution is -0.384. The van der Waals surface area contributed by atoms with Crippen molar-refractivity contribution in [2.45, 2.75) is 82.1 Å². The number of phenols is 1. The lowest BCUT2D eigenvalue weighted by atomic mass is 9.55. The maximum Gasteiger partial charge on any atom is 0.269 e. The number of phenolic OH excluding ortho intramolecular Hbond substituents is 1. The molecule has 2 saturated carbocycles. The van der Waals surface area contributed by atoms with E-state index in [9.17, 15) is 30.2 Å². The van der Waals surface area contributed by atoms with Gasteiger partial charge in [-0.1, -0.05) is 30.1 Å². The Bertz CT molecular complexity index is 1640. The molecule has 1 aliphatic heterocycles. The summed E-state index contributed by atoms with van der Waals surface area (Å²) in [5.41, 5.74) is 3.12. The van der Waals surface area contributed by atoms with E-state index in [1.807, 2.05) is 0 Å². The molecule has 3 aliphatic carbocycles. The number of nitro groups is 1. The first-order chi connectivity index (χ1) is 24.7. The quantitative estimate of drug-likeness (QED) is 0.0776. The Morgan fingerprint density at radius 3 is 2.51 bits per heavy atom. The van der Waals surface area contributed by atoms with Crippen molar-refractivity contribution in [2.75, 3.05) is 26.9 Å². The fraction of sp³-hybridized carbons (Fsp3) is 0.538. The Hall–Kier alpha value is -4.26. The lowest BCUT2D eigenvalue weighted by Gasteiger charge is -2.59. The monoisotopic (exact) mass is 703 g/mol. The molecular formula is C39H49N3O9. The number of nitrogens with zero attached hydrogens (tertiary/aromatic N) is 3. The number of oxime groups is 1. The summed E-state index contributed by atoms with van der Waals surface area (Å²) in [4.78, 5) is 32.3. The van der Waals surface area contributed by atoms with E-state index in [-0.39, 0.29) is 73.9 Å². The molecule has 0 aromatic heterocycles. The first-order valence-electron chi connectivity index (χ1n) is 18.1. The number of rotatable bonds is 17. The standard InChI is InChI=1S/C39H49N3O9/c1-3-20-49-39-35(41(2)38(46)26-12-13-26)23-33(40-50-24-25-10-14-28(15-11-25)42(47)48)31-21-27(8-4-6-18-43)30(9-5-7-19-44)36(37(31)39)32-22-29(45)16-17-34(32)51-39/h3,10-11,14-17,21-22,26-27,30,35-37,43-45H,1,4-9,12-13,18-20,23-24H2,2H3. The van der Waals surface area contributed by atoms with Crippen LogP contribution in [0.5, 0.6) is 11.5 Å². The summed E-state index contributed by atoms with van der Waals surface area (Å²) >= 11 is 0. The van der Waals surface area contributed by atoms with Crippen LogP contribution in [0.25, 0.3) is 0 Å². The number of unbranched alkanes of at least 4 members (excludes halogenated alkanes) is 2. The van der Waals surface area contributed by atoms with Crippen LogP contribution in [-0.4, -0.2) is 75.5 Å². The molecule has 6 atom stereocenters. The number of allylic oxidation sites excluding steroid dienone is 1. The van der Waals surface area contributed by atoms with E-state index in [0.29, 0.717) is 29.9 Å². The molecule has 0 spiro atoms. The minimum Gasteiger partial charge on any atom is -0.508 e. The van der Waals surface area contributed by atoms with Gasteiger partial charge in [-0.15, -0.1) is 6.58 Å². The zero-order valence-electron chi connectivity index (χ0n) is 29.2. The van der Waals surface area contributed by atoms with Crippen LogP contribution in [-0.2, 0) is 21.0 Å². The van der Waals surface area contributed by atoms with Crippen LogP contribution in [0.2, 0.25) is 0 Å². The number of aliphatic hydroxyl groups excluding tert-OH is 2. The number of hydrogen-bond acceptors (Lipinski definition) is 10. The molecule has 12 nitrogen and oxygen atoms in total. The fourth-order valence-corrected chi connectivity index (χ4v) is 8.41. The van der Waals surface area contributed by atoms with E-state index >= 15 is 0 Å². The molecule has 6 unspecified atom stereocenters. The van der Waals surface area contributed by atoms with Crippen molar-refractivity contribution in [1.82, 2.24) is 4.90 Å². The van der Waals surface area contributed by atoms with E-state index in [1.165, 1.54) is 12.1 Å². The van der Waals surface area contributed by atoms with Gasteiger partial charge in [-0.3, -0.25) is 14.9 Å². The van der Waals surface area contributed by atoms with Crippen molar-refractivity contribution in [1.29, 1.82) is 0 Å². The second-order valence-electron chi connectivity index (χ2n) is 14.2. The molecule has 2 aromatic rings. The van der Waals surface area contributed by atoms with Gasteiger partial charge in [-0.2, -0.15) is 0 Å². The lowest BCUT2D eigenvalue weighted by Crippen LogP contribution is -2.69. The smallest absolute Gasteiger partial charge is 0.269 e. The van der Waals surface area contributed by atoms with Gasteiger partial charge in [0, 0.05) is 56.2 Å². The topological polar surface area (TPSA) is 164 Å². The van der Waals surface area contributed by atoms with Crippen LogP contribution < -0.4 is 4.74 Å². The molecule has 2 fully saturated rings. The zero-order valence-corrected chi connectivity index (χ0v) is 29.2. The van der Waals surface area contributed by atoms with Crippen molar-refractivity contribution in [2.24, 2.45) is 28.8 Å². The number of amides is 1. The summed E-state index contributed by atoms with van der Waals surface area (Å²) in [5.74, 6) is -1.18. The van der Waals surface area contributed by atoms with Crippen LogP contribution in [0.4, 0.5) is 5.69 Å². The number of benzene rings is 2. The summed E-state index contributed by atoms with van der Waals surface area (Å²) in [5, 5.41) is 46.2. The van der Waals surface area contributed by atoms with Gasteiger partial charge in [0.15, 0.2) is 0 Å². The first kappa shape index (κ1) is 36.5. The Labute approximate surface area is 298 Å². The molecule has 1 amide bonds. The van der Waals surface area contributed by atoms with E-state index in [1.54, 1.807) is 48.4 Å².